The van der Waals surface area contributed by atoms with Crippen molar-refractivity contribution in [2.75, 3.05) is 10.0 Å². The molecule has 0 saturated heterocycles. The summed E-state index contributed by atoms with van der Waals surface area (Å²) < 4.78 is 79.0. The van der Waals surface area contributed by atoms with Crippen LogP contribution in [0.4, 0.5) is 28.9 Å². The fourth-order valence-corrected chi connectivity index (χ4v) is 4.82. The van der Waals surface area contributed by atoms with Crippen LogP contribution in [0.25, 0.3) is 0 Å². The van der Waals surface area contributed by atoms with Crippen molar-refractivity contribution in [1.29, 1.82) is 0 Å². The minimum absolute atomic E-state index is 0.0324. The van der Waals surface area contributed by atoms with Gasteiger partial charge in [0.25, 0.3) is 16.1 Å². The summed E-state index contributed by atoms with van der Waals surface area (Å²) >= 11 is 0. The second kappa shape index (κ2) is 9.31. The molecule has 0 heterocycles. The summed E-state index contributed by atoms with van der Waals surface area (Å²) in [6.07, 6.45) is -2.90. The second-order valence-corrected chi connectivity index (χ2v) is 9.56. The number of benzene rings is 3. The average Bonchev–Trinajstić information content (AvgIpc) is 2.76. The molecule has 11 heteroatoms. The van der Waals surface area contributed by atoms with Crippen molar-refractivity contribution in [2.45, 2.75) is 31.4 Å². The van der Waals surface area contributed by atoms with Gasteiger partial charge in [0.2, 0.25) is 0 Å². The van der Waals surface area contributed by atoms with Gasteiger partial charge in [-0.25, -0.2) is 9.53 Å². The predicted molar refractivity (Wildman–Crippen MR) is 124 cm³/mol. The maximum Gasteiger partial charge on any atom is 0.416 e. The van der Waals surface area contributed by atoms with Crippen LogP contribution in [-0.4, -0.2) is 14.3 Å². The van der Waals surface area contributed by atoms with E-state index < -0.39 is 39.6 Å². The number of alkyl halides is 3. The lowest BCUT2D eigenvalue weighted by molar-refractivity contribution is -0.137. The summed E-state index contributed by atoms with van der Waals surface area (Å²) in [6, 6.07) is 12.8. The number of halogens is 4. The third-order valence-corrected chi connectivity index (χ3v) is 6.32. The fourth-order valence-electron chi connectivity index (χ4n) is 4.36. The SMILES string of the molecule is NS(=O)(=O)Nc1cccc(NC(=O)c2ccc(C(F)(F)F)cc2C2CCCc3cc(F)ccc32)c1. The number of aryl methyl sites for hydroxylation is 1. The normalized spacial score (nSPS) is 15.9. The van der Waals surface area contributed by atoms with Gasteiger partial charge in [0.1, 0.15) is 5.82 Å². The van der Waals surface area contributed by atoms with Gasteiger partial charge >= 0.3 is 6.18 Å². The molecule has 3 aromatic carbocycles. The lowest BCUT2D eigenvalue weighted by Gasteiger charge is -2.28. The molecular formula is C24H21F4N3O3S. The zero-order chi connectivity index (χ0) is 25.4. The molecule has 0 saturated carbocycles. The first-order valence-corrected chi connectivity index (χ1v) is 12.2. The van der Waals surface area contributed by atoms with Crippen molar-refractivity contribution in [3.05, 3.63) is 94.3 Å². The zero-order valence-corrected chi connectivity index (χ0v) is 19.0. The van der Waals surface area contributed by atoms with Gasteiger partial charge in [-0.2, -0.15) is 21.6 Å². The molecule has 0 aromatic heterocycles. The van der Waals surface area contributed by atoms with Gasteiger partial charge in [0.15, 0.2) is 0 Å². The van der Waals surface area contributed by atoms with Gasteiger partial charge in [0.05, 0.1) is 11.3 Å². The van der Waals surface area contributed by atoms with Crippen molar-refractivity contribution in [2.24, 2.45) is 5.14 Å². The van der Waals surface area contributed by atoms with E-state index in [9.17, 15) is 30.8 Å². The summed E-state index contributed by atoms with van der Waals surface area (Å²) in [5.74, 6) is -1.63. The molecule has 0 bridgehead atoms. The van der Waals surface area contributed by atoms with Crippen molar-refractivity contribution < 1.29 is 30.8 Å². The topological polar surface area (TPSA) is 101 Å². The van der Waals surface area contributed by atoms with E-state index >= 15 is 0 Å². The fraction of sp³-hybridized carbons (Fsp3) is 0.208. The Kier molecular flexibility index (Phi) is 6.56. The molecule has 6 nitrogen and oxygen atoms in total. The third kappa shape index (κ3) is 5.80. The van der Waals surface area contributed by atoms with Crippen LogP contribution >= 0.6 is 0 Å². The molecule has 0 fully saturated rings. The van der Waals surface area contributed by atoms with Crippen molar-refractivity contribution in [3.8, 4) is 0 Å². The molecule has 4 rings (SSSR count). The summed E-state index contributed by atoms with van der Waals surface area (Å²) in [4.78, 5) is 13.2. The first kappa shape index (κ1) is 24.7. The smallest absolute Gasteiger partial charge is 0.322 e. The highest BCUT2D eigenvalue weighted by molar-refractivity contribution is 7.90. The van der Waals surface area contributed by atoms with E-state index in [1.807, 2.05) is 0 Å². The third-order valence-electron chi connectivity index (χ3n) is 5.80. The summed E-state index contributed by atoms with van der Waals surface area (Å²) in [7, 11) is -4.04. The van der Waals surface area contributed by atoms with Crippen LogP contribution in [0.1, 0.15) is 51.4 Å². The number of rotatable bonds is 5. The lowest BCUT2D eigenvalue weighted by atomic mass is 9.77. The number of carbonyl (C=O) groups is 1. The molecule has 1 aliphatic carbocycles. The van der Waals surface area contributed by atoms with Crippen LogP contribution in [0.15, 0.2) is 60.7 Å². The molecule has 4 N–H and O–H groups in total. The van der Waals surface area contributed by atoms with Gasteiger partial charge in [-0.15, -0.1) is 0 Å². The second-order valence-electron chi connectivity index (χ2n) is 8.27. The molecule has 1 unspecified atom stereocenters. The molecule has 0 aliphatic heterocycles. The molecule has 184 valence electrons. The Morgan fingerprint density at radius 3 is 2.43 bits per heavy atom. The predicted octanol–water partition coefficient (Wildman–Crippen LogP) is 5.18. The summed E-state index contributed by atoms with van der Waals surface area (Å²) in [5, 5.41) is 7.57. The van der Waals surface area contributed by atoms with Gasteiger partial charge < -0.3 is 5.32 Å². The van der Waals surface area contributed by atoms with E-state index in [-0.39, 0.29) is 22.5 Å². The first-order valence-electron chi connectivity index (χ1n) is 10.6. The summed E-state index contributed by atoms with van der Waals surface area (Å²) in [5.41, 5.74) is 1.02. The molecule has 0 radical (unpaired) electrons. The quantitative estimate of drug-likeness (QED) is 0.415. The van der Waals surface area contributed by atoms with Crippen LogP contribution in [0.3, 0.4) is 0 Å². The Labute approximate surface area is 199 Å². The number of amides is 1. The average molecular weight is 508 g/mol. The van der Waals surface area contributed by atoms with Crippen LogP contribution in [0.2, 0.25) is 0 Å². The first-order chi connectivity index (χ1) is 16.4. The minimum atomic E-state index is -4.61. The Bertz CT molecular complexity index is 1390. The zero-order valence-electron chi connectivity index (χ0n) is 18.2. The number of nitrogens with one attached hydrogen (secondary N) is 2. The summed E-state index contributed by atoms with van der Waals surface area (Å²) in [6.45, 7) is 0. The van der Waals surface area contributed by atoms with E-state index in [4.69, 9.17) is 5.14 Å². The Hall–Kier alpha value is -3.44. The number of carbonyl (C=O) groups excluding carboxylic acids is 1. The largest absolute Gasteiger partial charge is 0.416 e. The van der Waals surface area contributed by atoms with Crippen molar-refractivity contribution in [1.82, 2.24) is 0 Å². The highest BCUT2D eigenvalue weighted by Crippen LogP contribution is 2.41. The maximum atomic E-state index is 13.8. The van der Waals surface area contributed by atoms with Crippen LogP contribution in [-0.2, 0) is 22.8 Å². The van der Waals surface area contributed by atoms with Crippen LogP contribution in [0, 0.1) is 5.82 Å². The number of anilines is 2. The Balaban J connectivity index is 1.74. The van der Waals surface area contributed by atoms with E-state index in [1.165, 1.54) is 36.4 Å². The molecule has 1 amide bonds. The number of hydrogen-bond acceptors (Lipinski definition) is 3. The molecule has 0 spiro atoms. The minimum Gasteiger partial charge on any atom is -0.322 e. The number of nitrogens with two attached hydrogens (primary N) is 1. The highest BCUT2D eigenvalue weighted by atomic mass is 32.2. The molecular weight excluding hydrogens is 486 g/mol. The van der Waals surface area contributed by atoms with Crippen LogP contribution in [0.5, 0.6) is 0 Å². The maximum absolute atomic E-state index is 13.8. The van der Waals surface area contributed by atoms with Crippen LogP contribution < -0.4 is 15.2 Å². The van der Waals surface area contributed by atoms with Gasteiger partial charge in [-0.05, 0) is 84.5 Å². The van der Waals surface area contributed by atoms with E-state index in [0.29, 0.717) is 30.4 Å². The van der Waals surface area contributed by atoms with Crippen molar-refractivity contribution >= 4 is 27.5 Å². The molecule has 35 heavy (non-hydrogen) atoms. The lowest BCUT2D eigenvalue weighted by Crippen LogP contribution is -2.22. The standard InChI is InChI=1S/C24H21F4N3O3S/c25-16-8-10-19-14(11-16)3-1-6-20(19)22-12-15(24(26,27)28)7-9-21(22)23(32)30-17-4-2-5-18(13-17)31-35(29,33)34/h2,4-5,7-13,20,31H,1,3,6H2,(H,30,32)(H2,29,33,34). The van der Waals surface area contributed by atoms with Crippen molar-refractivity contribution in [3.63, 3.8) is 0 Å². The Morgan fingerprint density at radius 2 is 1.71 bits per heavy atom. The highest BCUT2D eigenvalue weighted by Gasteiger charge is 2.34. The molecule has 1 aliphatic rings. The van der Waals surface area contributed by atoms with Gasteiger partial charge in [-0.1, -0.05) is 12.1 Å². The number of hydrogen-bond donors (Lipinski definition) is 3. The monoisotopic (exact) mass is 507 g/mol. The van der Waals surface area contributed by atoms with E-state index in [0.717, 1.165) is 18.2 Å². The van der Waals surface area contributed by atoms with E-state index in [2.05, 4.69) is 10.0 Å². The number of fused-ring (bicyclic) bond motifs is 1. The van der Waals surface area contributed by atoms with Gasteiger partial charge in [-0.3, -0.25) is 9.52 Å². The van der Waals surface area contributed by atoms with E-state index in [1.54, 1.807) is 6.07 Å². The Morgan fingerprint density at radius 1 is 0.971 bits per heavy atom. The molecule has 3 aromatic rings. The van der Waals surface area contributed by atoms with Gasteiger partial charge in [0, 0.05) is 17.2 Å². The molecule has 1 atom stereocenters.